The van der Waals surface area contributed by atoms with Gasteiger partial charge in [0, 0.05) is 23.5 Å². The fourth-order valence-corrected chi connectivity index (χ4v) is 3.01. The minimum atomic E-state index is -0.451. The van der Waals surface area contributed by atoms with Crippen LogP contribution in [0.3, 0.4) is 0 Å². The highest BCUT2D eigenvalue weighted by molar-refractivity contribution is 5.86. The van der Waals surface area contributed by atoms with Crippen molar-refractivity contribution in [1.29, 1.82) is 0 Å². The third-order valence-corrected chi connectivity index (χ3v) is 4.13. The summed E-state index contributed by atoms with van der Waals surface area (Å²) in [5, 5.41) is 14.4. The standard InChI is InChI=1S/C20H28N2O4/c1-7-13-9-14-12(2)8-17(24)26-19(14)15(18(13)25)10-22(6)11-16(23)21-20(3,4)5/h8-9,25H,7,10-11H2,1-6H3,(H,21,23). The van der Waals surface area contributed by atoms with Crippen molar-refractivity contribution in [3.63, 3.8) is 0 Å². The molecule has 0 saturated heterocycles. The molecule has 0 atom stereocenters. The molecular weight excluding hydrogens is 332 g/mol. The molecule has 1 aromatic carbocycles. The van der Waals surface area contributed by atoms with Crippen LogP contribution in [0.1, 0.15) is 44.4 Å². The number of benzene rings is 1. The van der Waals surface area contributed by atoms with E-state index in [4.69, 9.17) is 4.42 Å². The Bertz CT molecular complexity index is 878. The molecule has 0 fully saturated rings. The molecule has 0 unspecified atom stereocenters. The zero-order valence-electron chi connectivity index (χ0n) is 16.4. The number of aryl methyl sites for hydroxylation is 2. The van der Waals surface area contributed by atoms with E-state index in [1.165, 1.54) is 6.07 Å². The smallest absolute Gasteiger partial charge is 0.336 e. The van der Waals surface area contributed by atoms with Gasteiger partial charge in [-0.1, -0.05) is 6.92 Å². The van der Waals surface area contributed by atoms with Crippen LogP contribution in [0.15, 0.2) is 21.3 Å². The summed E-state index contributed by atoms with van der Waals surface area (Å²) < 4.78 is 5.40. The Morgan fingerprint density at radius 2 is 1.96 bits per heavy atom. The Labute approximate surface area is 153 Å². The largest absolute Gasteiger partial charge is 0.507 e. The van der Waals surface area contributed by atoms with Crippen molar-refractivity contribution in [3.8, 4) is 5.75 Å². The Morgan fingerprint density at radius 3 is 2.54 bits per heavy atom. The molecule has 6 nitrogen and oxygen atoms in total. The van der Waals surface area contributed by atoms with Crippen LogP contribution in [0, 0.1) is 6.92 Å². The molecule has 0 saturated carbocycles. The fraction of sp³-hybridized carbons (Fsp3) is 0.500. The maximum atomic E-state index is 12.2. The topological polar surface area (TPSA) is 82.8 Å². The highest BCUT2D eigenvalue weighted by Crippen LogP contribution is 2.33. The first-order valence-corrected chi connectivity index (χ1v) is 8.79. The van der Waals surface area contributed by atoms with E-state index in [0.717, 1.165) is 16.5 Å². The van der Waals surface area contributed by atoms with Gasteiger partial charge in [0.15, 0.2) is 0 Å². The van der Waals surface area contributed by atoms with E-state index in [0.29, 0.717) is 24.1 Å². The summed E-state index contributed by atoms with van der Waals surface area (Å²) >= 11 is 0. The molecular formula is C20H28N2O4. The van der Waals surface area contributed by atoms with Crippen molar-refractivity contribution in [1.82, 2.24) is 10.2 Å². The van der Waals surface area contributed by atoms with E-state index in [2.05, 4.69) is 5.32 Å². The number of hydrogen-bond acceptors (Lipinski definition) is 5. The van der Waals surface area contributed by atoms with Crippen LogP contribution in [0.4, 0.5) is 0 Å². The number of hydrogen-bond donors (Lipinski definition) is 2. The zero-order valence-corrected chi connectivity index (χ0v) is 16.4. The van der Waals surface area contributed by atoms with E-state index in [-0.39, 0.29) is 23.7 Å². The molecule has 0 radical (unpaired) electrons. The summed E-state index contributed by atoms with van der Waals surface area (Å²) in [7, 11) is 1.79. The molecule has 1 amide bonds. The van der Waals surface area contributed by atoms with Gasteiger partial charge < -0.3 is 14.8 Å². The van der Waals surface area contributed by atoms with Gasteiger partial charge in [0.1, 0.15) is 11.3 Å². The SMILES string of the molecule is CCc1cc2c(C)cc(=O)oc2c(CN(C)CC(=O)NC(C)(C)C)c1O. The third-order valence-electron chi connectivity index (χ3n) is 4.13. The van der Waals surface area contributed by atoms with Crippen LogP contribution in [0.2, 0.25) is 0 Å². The summed E-state index contributed by atoms with van der Waals surface area (Å²) in [6.45, 7) is 10.0. The summed E-state index contributed by atoms with van der Waals surface area (Å²) in [5.74, 6) is 0.0184. The van der Waals surface area contributed by atoms with Gasteiger partial charge in [-0.3, -0.25) is 9.69 Å². The average molecular weight is 360 g/mol. The number of nitrogens with one attached hydrogen (secondary N) is 1. The Balaban J connectivity index is 2.40. The first kappa shape index (κ1) is 20.0. The molecule has 0 bridgehead atoms. The van der Waals surface area contributed by atoms with Crippen molar-refractivity contribution < 1.29 is 14.3 Å². The van der Waals surface area contributed by atoms with Gasteiger partial charge in [0.05, 0.1) is 12.1 Å². The molecule has 0 aliphatic heterocycles. The number of phenolic OH excluding ortho intramolecular Hbond substituents is 1. The molecule has 1 aromatic heterocycles. The van der Waals surface area contributed by atoms with Gasteiger partial charge in [-0.05, 0) is 58.4 Å². The summed E-state index contributed by atoms with van der Waals surface area (Å²) in [5.41, 5.74) is 1.75. The molecule has 1 heterocycles. The van der Waals surface area contributed by atoms with Gasteiger partial charge in [-0.2, -0.15) is 0 Å². The van der Waals surface area contributed by atoms with Crippen LogP contribution in [0.5, 0.6) is 5.75 Å². The van der Waals surface area contributed by atoms with Crippen molar-refractivity contribution in [2.24, 2.45) is 0 Å². The highest BCUT2D eigenvalue weighted by Gasteiger charge is 2.20. The predicted molar refractivity (Wildman–Crippen MR) is 102 cm³/mol. The number of likely N-dealkylation sites (N-methyl/N-ethyl adjacent to an activating group) is 1. The van der Waals surface area contributed by atoms with Crippen LogP contribution in [-0.4, -0.2) is 35.0 Å². The van der Waals surface area contributed by atoms with Crippen LogP contribution < -0.4 is 10.9 Å². The van der Waals surface area contributed by atoms with E-state index in [1.807, 2.05) is 40.7 Å². The predicted octanol–water partition coefficient (Wildman–Crippen LogP) is 2.72. The third kappa shape index (κ3) is 4.64. The second-order valence-corrected chi connectivity index (χ2v) is 7.81. The second kappa shape index (κ2) is 7.50. The maximum Gasteiger partial charge on any atom is 0.336 e. The summed E-state index contributed by atoms with van der Waals surface area (Å²) in [4.78, 5) is 25.8. The van der Waals surface area contributed by atoms with Crippen molar-refractivity contribution in [2.45, 2.75) is 53.1 Å². The molecule has 142 valence electrons. The number of aromatic hydroxyl groups is 1. The van der Waals surface area contributed by atoms with E-state index >= 15 is 0 Å². The lowest BCUT2D eigenvalue weighted by atomic mass is 9.99. The number of nitrogens with zero attached hydrogens (tertiary/aromatic N) is 1. The normalized spacial score (nSPS) is 12.0. The van der Waals surface area contributed by atoms with Crippen molar-refractivity contribution in [2.75, 3.05) is 13.6 Å². The maximum absolute atomic E-state index is 12.2. The first-order chi connectivity index (χ1) is 12.0. The van der Waals surface area contributed by atoms with Crippen LogP contribution in [-0.2, 0) is 17.8 Å². The van der Waals surface area contributed by atoms with Gasteiger partial charge in [-0.15, -0.1) is 0 Å². The summed E-state index contributed by atoms with van der Waals surface area (Å²) in [6, 6.07) is 3.31. The van der Waals surface area contributed by atoms with Gasteiger partial charge >= 0.3 is 5.63 Å². The number of fused-ring (bicyclic) bond motifs is 1. The Hall–Kier alpha value is -2.34. The molecule has 0 aliphatic rings. The molecule has 2 aromatic rings. The molecule has 26 heavy (non-hydrogen) atoms. The number of carbonyl (C=O) groups excluding carboxylic acids is 1. The first-order valence-electron chi connectivity index (χ1n) is 8.79. The lowest BCUT2D eigenvalue weighted by Gasteiger charge is -2.24. The number of phenols is 1. The monoisotopic (exact) mass is 360 g/mol. The zero-order chi connectivity index (χ0) is 19.6. The molecule has 0 aliphatic carbocycles. The van der Waals surface area contributed by atoms with Gasteiger partial charge in [0.25, 0.3) is 0 Å². The van der Waals surface area contributed by atoms with E-state index < -0.39 is 5.63 Å². The Morgan fingerprint density at radius 1 is 1.31 bits per heavy atom. The number of rotatable bonds is 5. The second-order valence-electron chi connectivity index (χ2n) is 7.81. The fourth-order valence-electron chi connectivity index (χ4n) is 3.01. The quantitative estimate of drug-likeness (QED) is 0.801. The lowest BCUT2D eigenvalue weighted by molar-refractivity contribution is -0.123. The van der Waals surface area contributed by atoms with E-state index in [9.17, 15) is 14.7 Å². The highest BCUT2D eigenvalue weighted by atomic mass is 16.4. The van der Waals surface area contributed by atoms with Gasteiger partial charge in [-0.25, -0.2) is 4.79 Å². The van der Waals surface area contributed by atoms with Crippen molar-refractivity contribution >= 4 is 16.9 Å². The van der Waals surface area contributed by atoms with Crippen LogP contribution >= 0.6 is 0 Å². The number of amides is 1. The van der Waals surface area contributed by atoms with E-state index in [1.54, 1.807) is 11.9 Å². The molecule has 0 spiro atoms. The average Bonchev–Trinajstić information content (AvgIpc) is 2.48. The molecule has 2 rings (SSSR count). The minimum Gasteiger partial charge on any atom is -0.507 e. The Kier molecular flexibility index (Phi) is 5.76. The minimum absolute atomic E-state index is 0.104. The van der Waals surface area contributed by atoms with Crippen LogP contribution in [0.25, 0.3) is 11.0 Å². The lowest BCUT2D eigenvalue weighted by Crippen LogP contribution is -2.45. The molecule has 2 N–H and O–H groups in total. The van der Waals surface area contributed by atoms with Crippen molar-refractivity contribution in [3.05, 3.63) is 39.2 Å². The van der Waals surface area contributed by atoms with Gasteiger partial charge in [0.2, 0.25) is 5.91 Å². The number of carbonyl (C=O) groups is 1. The molecule has 6 heteroatoms. The summed E-state index contributed by atoms with van der Waals surface area (Å²) in [6.07, 6.45) is 0.654.